The Balaban J connectivity index is 0.00000625. The van der Waals surface area contributed by atoms with Crippen LogP contribution in [-0.4, -0.2) is 80.7 Å². The normalized spacial score (nSPS) is 15.3. The van der Waals surface area contributed by atoms with Crippen LogP contribution in [0, 0.1) is 5.92 Å². The number of carbonyl (C=O) groups excluding carboxylic acids is 2. The lowest BCUT2D eigenvalue weighted by Gasteiger charge is -2.32. The summed E-state index contributed by atoms with van der Waals surface area (Å²) in [6.45, 7) is 8.65. The van der Waals surface area contributed by atoms with Crippen molar-refractivity contribution in [1.82, 2.24) is 20.4 Å². The van der Waals surface area contributed by atoms with Crippen molar-refractivity contribution in [2.24, 2.45) is 10.9 Å². The minimum atomic E-state index is -0.246. The number of nitrogens with zero attached hydrogens (tertiary/aromatic N) is 3. The van der Waals surface area contributed by atoms with E-state index in [0.717, 1.165) is 19.4 Å². The summed E-state index contributed by atoms with van der Waals surface area (Å²) < 4.78 is 5.04. The Kier molecular flexibility index (Phi) is 12.4. The van der Waals surface area contributed by atoms with Gasteiger partial charge >= 0.3 is 6.09 Å². The Hall–Kier alpha value is -1.26. The molecule has 8 nitrogen and oxygen atoms in total. The van der Waals surface area contributed by atoms with E-state index < -0.39 is 0 Å². The molecule has 0 spiro atoms. The predicted molar refractivity (Wildman–Crippen MR) is 114 cm³/mol. The molecule has 9 heteroatoms. The largest absolute Gasteiger partial charge is 0.450 e. The highest BCUT2D eigenvalue weighted by molar-refractivity contribution is 14.0. The van der Waals surface area contributed by atoms with E-state index in [4.69, 9.17) is 4.74 Å². The van der Waals surface area contributed by atoms with Gasteiger partial charge in [0.1, 0.15) is 6.54 Å². The van der Waals surface area contributed by atoms with Crippen molar-refractivity contribution >= 4 is 41.9 Å². The third kappa shape index (κ3) is 9.44. The Labute approximate surface area is 174 Å². The highest BCUT2D eigenvalue weighted by atomic mass is 127. The Bertz CT molecular complexity index is 463. The fourth-order valence-corrected chi connectivity index (χ4v) is 2.36. The molecule has 1 aliphatic heterocycles. The first-order valence-corrected chi connectivity index (χ1v) is 9.00. The summed E-state index contributed by atoms with van der Waals surface area (Å²) in [7, 11) is 3.44. The number of likely N-dealkylation sites (tertiary alicyclic amines) is 1. The SMILES string of the molecule is CCOC(=O)N1CCC(NC(=NCC(=O)N(C)C)NCC(C)C)CC1.I. The molecule has 1 fully saturated rings. The lowest BCUT2D eigenvalue weighted by Crippen LogP contribution is -2.50. The number of likely N-dealkylation sites (N-methyl/N-ethyl adjacent to an activating group) is 1. The number of rotatable bonds is 6. The number of piperidine rings is 1. The molecule has 2 N–H and O–H groups in total. The van der Waals surface area contributed by atoms with E-state index in [1.807, 2.05) is 6.92 Å². The van der Waals surface area contributed by atoms with Gasteiger partial charge in [-0.05, 0) is 25.7 Å². The summed E-state index contributed by atoms with van der Waals surface area (Å²) in [5.41, 5.74) is 0. The molecule has 0 bridgehead atoms. The van der Waals surface area contributed by atoms with Crippen molar-refractivity contribution in [1.29, 1.82) is 0 Å². The molecule has 1 aliphatic rings. The Morgan fingerprint density at radius 1 is 1.27 bits per heavy atom. The van der Waals surface area contributed by atoms with Gasteiger partial charge in [-0.1, -0.05) is 13.8 Å². The molecule has 26 heavy (non-hydrogen) atoms. The van der Waals surface area contributed by atoms with Crippen LogP contribution in [0.5, 0.6) is 0 Å². The Morgan fingerprint density at radius 2 is 1.88 bits per heavy atom. The summed E-state index contributed by atoms with van der Waals surface area (Å²) in [5, 5.41) is 6.66. The summed E-state index contributed by atoms with van der Waals surface area (Å²) in [6.07, 6.45) is 1.40. The monoisotopic (exact) mass is 483 g/mol. The maximum atomic E-state index is 11.8. The maximum absolute atomic E-state index is 11.8. The van der Waals surface area contributed by atoms with Gasteiger partial charge < -0.3 is 25.2 Å². The van der Waals surface area contributed by atoms with Gasteiger partial charge in [-0.2, -0.15) is 0 Å². The quantitative estimate of drug-likeness (QED) is 0.340. The fraction of sp³-hybridized carbons (Fsp3) is 0.824. The van der Waals surface area contributed by atoms with E-state index in [0.29, 0.717) is 31.6 Å². The first-order chi connectivity index (χ1) is 11.8. The van der Waals surface area contributed by atoms with Crippen molar-refractivity contribution in [3.63, 3.8) is 0 Å². The summed E-state index contributed by atoms with van der Waals surface area (Å²) in [5.74, 6) is 1.09. The zero-order valence-corrected chi connectivity index (χ0v) is 18.9. The highest BCUT2D eigenvalue weighted by Crippen LogP contribution is 2.11. The number of ether oxygens (including phenoxy) is 1. The Morgan fingerprint density at radius 3 is 2.38 bits per heavy atom. The number of hydrogen-bond donors (Lipinski definition) is 2. The molecular formula is C17H34IN5O3. The lowest BCUT2D eigenvalue weighted by atomic mass is 10.1. The van der Waals surface area contributed by atoms with Gasteiger partial charge in [0, 0.05) is 39.8 Å². The fourth-order valence-electron chi connectivity index (χ4n) is 2.36. The number of guanidine groups is 1. The van der Waals surface area contributed by atoms with Crippen molar-refractivity contribution in [3.05, 3.63) is 0 Å². The van der Waals surface area contributed by atoms with E-state index in [2.05, 4.69) is 29.5 Å². The molecule has 1 rings (SSSR count). The van der Waals surface area contributed by atoms with Gasteiger partial charge in [0.2, 0.25) is 5.91 Å². The van der Waals surface area contributed by atoms with E-state index in [1.165, 1.54) is 4.90 Å². The van der Waals surface area contributed by atoms with Crippen LogP contribution in [0.1, 0.15) is 33.6 Å². The second kappa shape index (κ2) is 13.0. The number of aliphatic imine (C=N–C) groups is 1. The van der Waals surface area contributed by atoms with E-state index in [-0.39, 0.29) is 48.6 Å². The van der Waals surface area contributed by atoms with Crippen molar-refractivity contribution in [2.45, 2.75) is 39.7 Å². The summed E-state index contributed by atoms with van der Waals surface area (Å²) >= 11 is 0. The van der Waals surface area contributed by atoms with Crippen molar-refractivity contribution in [3.8, 4) is 0 Å². The highest BCUT2D eigenvalue weighted by Gasteiger charge is 2.24. The lowest BCUT2D eigenvalue weighted by molar-refractivity contribution is -0.127. The molecule has 0 aromatic rings. The average Bonchev–Trinajstić information content (AvgIpc) is 2.57. The molecule has 152 valence electrons. The molecule has 0 aromatic carbocycles. The van der Waals surface area contributed by atoms with Gasteiger partial charge in [0.05, 0.1) is 6.61 Å². The second-order valence-electron chi connectivity index (χ2n) is 6.83. The molecule has 0 unspecified atom stereocenters. The number of carbonyl (C=O) groups is 2. The first kappa shape index (κ1) is 24.7. The number of nitrogens with one attached hydrogen (secondary N) is 2. The van der Waals surface area contributed by atoms with Gasteiger partial charge in [0.25, 0.3) is 0 Å². The maximum Gasteiger partial charge on any atom is 0.409 e. The molecule has 1 heterocycles. The van der Waals surface area contributed by atoms with E-state index >= 15 is 0 Å². The van der Waals surface area contributed by atoms with Gasteiger partial charge in [-0.25, -0.2) is 9.79 Å². The van der Waals surface area contributed by atoms with Crippen LogP contribution in [0.2, 0.25) is 0 Å². The summed E-state index contributed by atoms with van der Waals surface area (Å²) in [6, 6.07) is 0.221. The molecule has 2 amide bonds. The third-order valence-electron chi connectivity index (χ3n) is 3.91. The molecule has 0 aliphatic carbocycles. The molecule has 1 saturated heterocycles. The van der Waals surface area contributed by atoms with Crippen LogP contribution in [0.15, 0.2) is 4.99 Å². The number of amides is 2. The average molecular weight is 483 g/mol. The minimum absolute atomic E-state index is 0. The standard InChI is InChI=1S/C17H33N5O3.HI/c1-6-25-17(24)22-9-7-14(8-10-22)20-16(18-11-13(2)3)19-12-15(23)21(4)5;/h13-14H,6-12H2,1-5H3,(H2,18,19,20);1H. The second-order valence-corrected chi connectivity index (χ2v) is 6.83. The molecule has 0 atom stereocenters. The number of halogens is 1. The zero-order chi connectivity index (χ0) is 18.8. The van der Waals surface area contributed by atoms with Gasteiger partial charge in [-0.3, -0.25) is 4.79 Å². The smallest absolute Gasteiger partial charge is 0.409 e. The van der Waals surface area contributed by atoms with Crippen LogP contribution in [0.25, 0.3) is 0 Å². The number of hydrogen-bond acceptors (Lipinski definition) is 4. The minimum Gasteiger partial charge on any atom is -0.450 e. The van der Waals surface area contributed by atoms with Crippen molar-refractivity contribution < 1.29 is 14.3 Å². The van der Waals surface area contributed by atoms with Crippen LogP contribution in [0.4, 0.5) is 4.79 Å². The van der Waals surface area contributed by atoms with E-state index in [9.17, 15) is 9.59 Å². The van der Waals surface area contributed by atoms with Crippen LogP contribution >= 0.6 is 24.0 Å². The van der Waals surface area contributed by atoms with Gasteiger partial charge in [0.15, 0.2) is 5.96 Å². The zero-order valence-electron chi connectivity index (χ0n) is 16.6. The molecule has 0 saturated carbocycles. The first-order valence-electron chi connectivity index (χ1n) is 9.00. The van der Waals surface area contributed by atoms with Gasteiger partial charge in [-0.15, -0.1) is 24.0 Å². The topological polar surface area (TPSA) is 86.3 Å². The molecular weight excluding hydrogens is 449 g/mol. The molecule has 0 radical (unpaired) electrons. The molecule has 0 aromatic heterocycles. The van der Waals surface area contributed by atoms with Crippen LogP contribution in [-0.2, 0) is 9.53 Å². The van der Waals surface area contributed by atoms with Crippen LogP contribution < -0.4 is 10.6 Å². The third-order valence-corrected chi connectivity index (χ3v) is 3.91. The van der Waals surface area contributed by atoms with E-state index in [1.54, 1.807) is 19.0 Å². The predicted octanol–water partition coefficient (Wildman–Crippen LogP) is 1.50. The van der Waals surface area contributed by atoms with Crippen LogP contribution in [0.3, 0.4) is 0 Å². The van der Waals surface area contributed by atoms with Crippen molar-refractivity contribution in [2.75, 3.05) is 46.9 Å². The summed E-state index contributed by atoms with van der Waals surface area (Å²) in [4.78, 5) is 31.2.